The average Bonchev–Trinajstić information content (AvgIpc) is 2.93. The van der Waals surface area contributed by atoms with Crippen LogP contribution < -0.4 is 0 Å². The molecule has 0 aliphatic heterocycles. The van der Waals surface area contributed by atoms with Crippen LogP contribution in [-0.4, -0.2) is 27.5 Å². The Balaban J connectivity index is 2.01. The van der Waals surface area contributed by atoms with Gasteiger partial charge in [-0.05, 0) is 36.9 Å². The number of rotatable bonds is 3. The van der Waals surface area contributed by atoms with Crippen molar-refractivity contribution in [3.8, 4) is 0 Å². The number of carbonyl (C=O) groups excluding carboxylic acids is 1. The van der Waals surface area contributed by atoms with Crippen molar-refractivity contribution >= 4 is 44.2 Å². The molecule has 116 valence electrons. The van der Waals surface area contributed by atoms with Crippen molar-refractivity contribution < 1.29 is 22.7 Å². The van der Waals surface area contributed by atoms with Gasteiger partial charge < -0.3 is 4.74 Å². The first-order chi connectivity index (χ1) is 10.4. The number of esters is 1. The first-order valence-electron chi connectivity index (χ1n) is 6.22. The molecule has 1 aromatic carbocycles. The van der Waals surface area contributed by atoms with Crippen molar-refractivity contribution in [1.82, 2.24) is 9.38 Å². The average molecular weight is 346 g/mol. The van der Waals surface area contributed by atoms with Gasteiger partial charge in [0.15, 0.2) is 10.7 Å². The standard InChI is InChI=1S/C13H9F3N2O2S2/c1-2-20-11(19)8-6-18-9-4-3-7(22-13(14,15)16)5-10(9)21-12(18)17-8/h3-6H,2H2,1H3. The van der Waals surface area contributed by atoms with Gasteiger partial charge in [-0.2, -0.15) is 13.2 Å². The molecule has 22 heavy (non-hydrogen) atoms. The van der Waals surface area contributed by atoms with Crippen LogP contribution >= 0.6 is 23.1 Å². The molecule has 0 saturated carbocycles. The molecule has 0 radical (unpaired) electrons. The van der Waals surface area contributed by atoms with Crippen molar-refractivity contribution in [3.05, 3.63) is 30.1 Å². The Morgan fingerprint density at radius 1 is 1.45 bits per heavy atom. The predicted octanol–water partition coefficient (Wildman–Crippen LogP) is 4.34. The van der Waals surface area contributed by atoms with E-state index in [1.54, 1.807) is 17.4 Å². The molecule has 2 heterocycles. The fourth-order valence-corrected chi connectivity index (χ4v) is 3.68. The lowest BCUT2D eigenvalue weighted by Gasteiger charge is -2.04. The third kappa shape index (κ3) is 2.91. The lowest BCUT2D eigenvalue weighted by atomic mass is 10.3. The molecule has 2 aromatic heterocycles. The second-order valence-corrected chi connectivity index (χ2v) is 6.43. The molecule has 4 nitrogen and oxygen atoms in total. The van der Waals surface area contributed by atoms with E-state index < -0.39 is 11.5 Å². The number of imidazole rings is 1. The summed E-state index contributed by atoms with van der Waals surface area (Å²) in [6, 6.07) is 4.46. The summed E-state index contributed by atoms with van der Waals surface area (Å²) in [6.45, 7) is 1.95. The molecule has 0 fully saturated rings. The Morgan fingerprint density at radius 2 is 2.23 bits per heavy atom. The number of benzene rings is 1. The summed E-state index contributed by atoms with van der Waals surface area (Å²) in [5.41, 5.74) is -3.43. The molecule has 0 saturated heterocycles. The molecule has 0 unspecified atom stereocenters. The van der Waals surface area contributed by atoms with Gasteiger partial charge in [0.1, 0.15) is 0 Å². The van der Waals surface area contributed by atoms with E-state index in [0.717, 1.165) is 0 Å². The number of halogens is 3. The number of hydrogen-bond acceptors (Lipinski definition) is 5. The fourth-order valence-electron chi connectivity index (χ4n) is 1.98. The van der Waals surface area contributed by atoms with E-state index in [0.29, 0.717) is 15.2 Å². The lowest BCUT2D eigenvalue weighted by molar-refractivity contribution is -0.0328. The van der Waals surface area contributed by atoms with Gasteiger partial charge in [0, 0.05) is 11.1 Å². The van der Waals surface area contributed by atoms with Gasteiger partial charge in [-0.1, -0.05) is 11.3 Å². The van der Waals surface area contributed by atoms with Crippen molar-refractivity contribution in [1.29, 1.82) is 0 Å². The minimum absolute atomic E-state index is 0.120. The molecular weight excluding hydrogens is 337 g/mol. The first kappa shape index (κ1) is 15.2. The molecule has 0 bridgehead atoms. The molecule has 0 atom stereocenters. The van der Waals surface area contributed by atoms with Gasteiger partial charge in [-0.25, -0.2) is 9.78 Å². The normalized spacial score (nSPS) is 12.2. The Morgan fingerprint density at radius 3 is 2.91 bits per heavy atom. The maximum absolute atomic E-state index is 12.4. The quantitative estimate of drug-likeness (QED) is 0.523. The van der Waals surface area contributed by atoms with Crippen LogP contribution in [0.25, 0.3) is 15.2 Å². The Kier molecular flexibility index (Phi) is 3.77. The summed E-state index contributed by atoms with van der Waals surface area (Å²) in [5, 5.41) is 0. The van der Waals surface area contributed by atoms with Crippen molar-refractivity contribution in [2.24, 2.45) is 0 Å². The number of ether oxygens (including phenoxy) is 1. The van der Waals surface area contributed by atoms with Gasteiger partial charge in [0.25, 0.3) is 0 Å². The zero-order valence-corrected chi connectivity index (χ0v) is 12.8. The number of hydrogen-bond donors (Lipinski definition) is 0. The van der Waals surface area contributed by atoms with Gasteiger partial charge >= 0.3 is 11.5 Å². The summed E-state index contributed by atoms with van der Waals surface area (Å²) in [4.78, 5) is 16.4. The van der Waals surface area contributed by atoms with Gasteiger partial charge in [0.2, 0.25) is 0 Å². The summed E-state index contributed by atoms with van der Waals surface area (Å²) in [6.07, 6.45) is 1.53. The van der Waals surface area contributed by atoms with Crippen LogP contribution in [0, 0.1) is 0 Å². The highest BCUT2D eigenvalue weighted by Gasteiger charge is 2.29. The molecule has 0 amide bonds. The van der Waals surface area contributed by atoms with Crippen LogP contribution in [0.1, 0.15) is 17.4 Å². The topological polar surface area (TPSA) is 43.6 Å². The maximum Gasteiger partial charge on any atom is 0.446 e. The smallest absolute Gasteiger partial charge is 0.446 e. The third-order valence-corrected chi connectivity index (χ3v) is 4.52. The van der Waals surface area contributed by atoms with E-state index in [9.17, 15) is 18.0 Å². The van der Waals surface area contributed by atoms with Crippen LogP contribution in [-0.2, 0) is 4.74 Å². The molecule has 9 heteroatoms. The van der Waals surface area contributed by atoms with E-state index >= 15 is 0 Å². The van der Waals surface area contributed by atoms with E-state index in [-0.39, 0.29) is 29.0 Å². The van der Waals surface area contributed by atoms with Gasteiger partial charge in [-0.15, -0.1) is 0 Å². The van der Waals surface area contributed by atoms with Gasteiger partial charge in [0.05, 0.1) is 16.8 Å². The number of alkyl halides is 3. The Hall–Kier alpha value is -1.74. The minimum Gasteiger partial charge on any atom is -0.461 e. The van der Waals surface area contributed by atoms with Crippen LogP contribution in [0.5, 0.6) is 0 Å². The zero-order valence-electron chi connectivity index (χ0n) is 11.2. The maximum atomic E-state index is 12.4. The Bertz CT molecular complexity index is 854. The largest absolute Gasteiger partial charge is 0.461 e. The molecule has 3 aromatic rings. The van der Waals surface area contributed by atoms with E-state index in [1.165, 1.54) is 29.7 Å². The van der Waals surface area contributed by atoms with Crippen molar-refractivity contribution in [2.75, 3.05) is 6.61 Å². The summed E-state index contributed by atoms with van der Waals surface area (Å²) < 4.78 is 44.4. The number of thiazole rings is 1. The molecule has 0 N–H and O–H groups in total. The third-order valence-electron chi connectivity index (χ3n) is 2.78. The molecule has 0 aliphatic rings. The highest BCUT2D eigenvalue weighted by Crippen LogP contribution is 2.39. The fraction of sp³-hybridized carbons (Fsp3) is 0.231. The van der Waals surface area contributed by atoms with Crippen LogP contribution in [0.4, 0.5) is 13.2 Å². The predicted molar refractivity (Wildman–Crippen MR) is 78.4 cm³/mol. The monoisotopic (exact) mass is 346 g/mol. The van der Waals surface area contributed by atoms with Crippen molar-refractivity contribution in [3.63, 3.8) is 0 Å². The number of nitrogens with zero attached hydrogens (tertiary/aromatic N) is 2. The lowest BCUT2D eigenvalue weighted by Crippen LogP contribution is -2.04. The van der Waals surface area contributed by atoms with Crippen LogP contribution in [0.3, 0.4) is 0 Å². The number of fused-ring (bicyclic) bond motifs is 3. The van der Waals surface area contributed by atoms with Crippen LogP contribution in [0.2, 0.25) is 0 Å². The van der Waals surface area contributed by atoms with Crippen molar-refractivity contribution in [2.45, 2.75) is 17.3 Å². The zero-order chi connectivity index (χ0) is 15.9. The van der Waals surface area contributed by atoms with Crippen LogP contribution in [0.15, 0.2) is 29.3 Å². The second kappa shape index (κ2) is 5.47. The number of carbonyl (C=O) groups is 1. The second-order valence-electron chi connectivity index (χ2n) is 4.28. The highest BCUT2D eigenvalue weighted by molar-refractivity contribution is 8.00. The SMILES string of the molecule is CCOC(=O)c1cn2c(n1)sc1cc(SC(F)(F)F)ccc12. The Labute approximate surface area is 130 Å². The summed E-state index contributed by atoms with van der Waals surface area (Å²) in [7, 11) is 0. The first-order valence-corrected chi connectivity index (χ1v) is 7.85. The number of thioether (sulfide) groups is 1. The molecule has 0 spiro atoms. The molecule has 0 aliphatic carbocycles. The minimum atomic E-state index is -4.32. The molecule has 3 rings (SSSR count). The summed E-state index contributed by atoms with van der Waals surface area (Å²) in [5.74, 6) is -0.518. The summed E-state index contributed by atoms with van der Waals surface area (Å²) >= 11 is 1.07. The van der Waals surface area contributed by atoms with E-state index in [4.69, 9.17) is 4.74 Å². The molecular formula is C13H9F3N2O2S2. The highest BCUT2D eigenvalue weighted by atomic mass is 32.2. The number of aromatic nitrogens is 2. The van der Waals surface area contributed by atoms with E-state index in [1.807, 2.05) is 0 Å². The van der Waals surface area contributed by atoms with E-state index in [2.05, 4.69) is 4.98 Å². The van der Waals surface area contributed by atoms with Gasteiger partial charge in [-0.3, -0.25) is 4.40 Å².